The fraction of sp³-hybridized carbons (Fsp3) is 0.625. The Kier molecular flexibility index (Phi) is 4.79. The zero-order chi connectivity index (χ0) is 13.0. The van der Waals surface area contributed by atoms with Gasteiger partial charge in [0.05, 0.1) is 6.61 Å². The average molecular weight is 247 g/mol. The van der Waals surface area contributed by atoms with Crippen LogP contribution in [0.5, 0.6) is 0 Å². The number of ether oxygens (including phenoxy) is 1. The predicted molar refractivity (Wildman–Crippen MR) is 75.7 cm³/mol. The SMILES string of the molecule is CCc1ccc(CC)c(C(N)C2CCCOC2)c1. The van der Waals surface area contributed by atoms with E-state index in [2.05, 4.69) is 32.0 Å². The van der Waals surface area contributed by atoms with Crippen LogP contribution in [0.15, 0.2) is 18.2 Å². The molecule has 0 bridgehead atoms. The fourth-order valence-corrected chi connectivity index (χ4v) is 2.80. The number of aryl methyl sites for hydroxylation is 2. The summed E-state index contributed by atoms with van der Waals surface area (Å²) in [5.41, 5.74) is 10.6. The molecule has 1 saturated heterocycles. The van der Waals surface area contributed by atoms with Gasteiger partial charge in [-0.3, -0.25) is 0 Å². The summed E-state index contributed by atoms with van der Waals surface area (Å²) in [4.78, 5) is 0. The minimum atomic E-state index is 0.131. The van der Waals surface area contributed by atoms with Crippen molar-refractivity contribution in [2.24, 2.45) is 11.7 Å². The number of hydrogen-bond donors (Lipinski definition) is 1. The van der Waals surface area contributed by atoms with Crippen LogP contribution in [0.4, 0.5) is 0 Å². The van der Waals surface area contributed by atoms with Crippen molar-refractivity contribution in [3.05, 3.63) is 34.9 Å². The van der Waals surface area contributed by atoms with Gasteiger partial charge in [0.2, 0.25) is 0 Å². The third-order valence-electron chi connectivity index (χ3n) is 4.06. The van der Waals surface area contributed by atoms with Crippen LogP contribution in [0.2, 0.25) is 0 Å². The second-order valence-corrected chi connectivity index (χ2v) is 5.24. The van der Waals surface area contributed by atoms with Crippen LogP contribution in [0, 0.1) is 5.92 Å². The molecule has 0 aromatic heterocycles. The van der Waals surface area contributed by atoms with Crippen LogP contribution in [0.3, 0.4) is 0 Å². The molecule has 0 amide bonds. The Balaban J connectivity index is 2.23. The Morgan fingerprint density at radius 2 is 2.17 bits per heavy atom. The molecular formula is C16H25NO. The summed E-state index contributed by atoms with van der Waals surface area (Å²) in [6, 6.07) is 6.91. The van der Waals surface area contributed by atoms with Gasteiger partial charge in [-0.05, 0) is 42.4 Å². The minimum Gasteiger partial charge on any atom is -0.381 e. The maximum absolute atomic E-state index is 6.49. The van der Waals surface area contributed by atoms with E-state index in [-0.39, 0.29) is 6.04 Å². The molecule has 1 aromatic rings. The second kappa shape index (κ2) is 6.35. The first-order valence-corrected chi connectivity index (χ1v) is 7.21. The Labute approximate surface area is 111 Å². The first-order chi connectivity index (χ1) is 8.76. The molecule has 2 rings (SSSR count). The molecule has 2 unspecified atom stereocenters. The highest BCUT2D eigenvalue weighted by Gasteiger charge is 2.24. The predicted octanol–water partition coefficient (Wildman–Crippen LogP) is 3.24. The zero-order valence-corrected chi connectivity index (χ0v) is 11.6. The van der Waals surface area contributed by atoms with Crippen LogP contribution in [0.25, 0.3) is 0 Å². The lowest BCUT2D eigenvalue weighted by molar-refractivity contribution is 0.0446. The Bertz CT molecular complexity index is 383. The third kappa shape index (κ3) is 2.93. The fourth-order valence-electron chi connectivity index (χ4n) is 2.80. The highest BCUT2D eigenvalue weighted by atomic mass is 16.5. The van der Waals surface area contributed by atoms with Crippen LogP contribution in [-0.4, -0.2) is 13.2 Å². The van der Waals surface area contributed by atoms with Crippen molar-refractivity contribution in [3.63, 3.8) is 0 Å². The molecule has 1 aromatic carbocycles. The van der Waals surface area contributed by atoms with Crippen molar-refractivity contribution < 1.29 is 4.74 Å². The summed E-state index contributed by atoms with van der Waals surface area (Å²) in [6.07, 6.45) is 4.47. The summed E-state index contributed by atoms with van der Waals surface area (Å²) < 4.78 is 5.57. The maximum Gasteiger partial charge on any atom is 0.0512 e. The molecule has 1 fully saturated rings. The van der Waals surface area contributed by atoms with Crippen molar-refractivity contribution >= 4 is 0 Å². The van der Waals surface area contributed by atoms with Gasteiger partial charge in [0.25, 0.3) is 0 Å². The van der Waals surface area contributed by atoms with E-state index in [0.717, 1.165) is 32.5 Å². The molecule has 2 atom stereocenters. The van der Waals surface area contributed by atoms with Crippen LogP contribution >= 0.6 is 0 Å². The minimum absolute atomic E-state index is 0.131. The van der Waals surface area contributed by atoms with Gasteiger partial charge in [0.15, 0.2) is 0 Å². The maximum atomic E-state index is 6.49. The van der Waals surface area contributed by atoms with Gasteiger partial charge >= 0.3 is 0 Å². The summed E-state index contributed by atoms with van der Waals surface area (Å²) in [6.45, 7) is 6.12. The molecule has 0 radical (unpaired) electrons. The molecule has 0 spiro atoms. The summed E-state index contributed by atoms with van der Waals surface area (Å²) in [5, 5.41) is 0. The van der Waals surface area contributed by atoms with Crippen LogP contribution in [0.1, 0.15) is 49.4 Å². The smallest absolute Gasteiger partial charge is 0.0512 e. The molecule has 2 N–H and O–H groups in total. The number of rotatable bonds is 4. The summed E-state index contributed by atoms with van der Waals surface area (Å²) in [7, 11) is 0. The van der Waals surface area contributed by atoms with Gasteiger partial charge in [-0.25, -0.2) is 0 Å². The summed E-state index contributed by atoms with van der Waals surface area (Å²) >= 11 is 0. The number of hydrogen-bond acceptors (Lipinski definition) is 2. The van der Waals surface area contributed by atoms with E-state index in [4.69, 9.17) is 10.5 Å². The van der Waals surface area contributed by atoms with Crippen LogP contribution in [-0.2, 0) is 17.6 Å². The summed E-state index contributed by atoms with van der Waals surface area (Å²) in [5.74, 6) is 0.483. The quantitative estimate of drug-likeness (QED) is 0.886. The normalized spacial score (nSPS) is 21.8. The zero-order valence-electron chi connectivity index (χ0n) is 11.6. The largest absolute Gasteiger partial charge is 0.381 e. The first kappa shape index (κ1) is 13.6. The molecule has 2 heteroatoms. The molecule has 2 nitrogen and oxygen atoms in total. The van der Waals surface area contributed by atoms with Crippen molar-refractivity contribution in [2.45, 2.75) is 45.6 Å². The lowest BCUT2D eigenvalue weighted by atomic mass is 9.85. The standard InChI is InChI=1S/C16H25NO/c1-3-12-7-8-13(4-2)15(10-12)16(17)14-6-5-9-18-11-14/h7-8,10,14,16H,3-6,9,11,17H2,1-2H3. The van der Waals surface area contributed by atoms with Crippen LogP contribution < -0.4 is 5.73 Å². The van der Waals surface area contributed by atoms with E-state index >= 15 is 0 Å². The van der Waals surface area contributed by atoms with E-state index in [0.29, 0.717) is 5.92 Å². The van der Waals surface area contributed by atoms with Crippen molar-refractivity contribution in [1.29, 1.82) is 0 Å². The molecule has 0 saturated carbocycles. The van der Waals surface area contributed by atoms with Crippen molar-refractivity contribution in [3.8, 4) is 0 Å². The van der Waals surface area contributed by atoms with E-state index in [1.165, 1.54) is 23.1 Å². The highest BCUT2D eigenvalue weighted by Crippen LogP contribution is 2.30. The molecule has 1 aliphatic rings. The van der Waals surface area contributed by atoms with Gasteiger partial charge in [-0.1, -0.05) is 32.0 Å². The lowest BCUT2D eigenvalue weighted by Crippen LogP contribution is -2.29. The Morgan fingerprint density at radius 3 is 2.78 bits per heavy atom. The third-order valence-corrected chi connectivity index (χ3v) is 4.06. The molecular weight excluding hydrogens is 222 g/mol. The molecule has 100 valence electrons. The monoisotopic (exact) mass is 247 g/mol. The molecule has 18 heavy (non-hydrogen) atoms. The first-order valence-electron chi connectivity index (χ1n) is 7.21. The van der Waals surface area contributed by atoms with Gasteiger partial charge < -0.3 is 10.5 Å². The average Bonchev–Trinajstić information content (AvgIpc) is 2.46. The second-order valence-electron chi connectivity index (χ2n) is 5.24. The lowest BCUT2D eigenvalue weighted by Gasteiger charge is -2.29. The molecule has 1 aliphatic heterocycles. The van der Waals surface area contributed by atoms with E-state index in [9.17, 15) is 0 Å². The van der Waals surface area contributed by atoms with E-state index in [1.54, 1.807) is 0 Å². The molecule has 1 heterocycles. The van der Waals surface area contributed by atoms with Crippen molar-refractivity contribution in [1.82, 2.24) is 0 Å². The number of nitrogens with two attached hydrogens (primary N) is 1. The Hall–Kier alpha value is -0.860. The number of benzene rings is 1. The van der Waals surface area contributed by atoms with Gasteiger partial charge in [-0.2, -0.15) is 0 Å². The molecule has 0 aliphatic carbocycles. The Morgan fingerprint density at radius 1 is 1.33 bits per heavy atom. The van der Waals surface area contributed by atoms with E-state index < -0.39 is 0 Å². The van der Waals surface area contributed by atoms with E-state index in [1.807, 2.05) is 0 Å². The van der Waals surface area contributed by atoms with Gasteiger partial charge in [-0.15, -0.1) is 0 Å². The topological polar surface area (TPSA) is 35.2 Å². The van der Waals surface area contributed by atoms with Crippen molar-refractivity contribution in [2.75, 3.05) is 13.2 Å². The highest BCUT2D eigenvalue weighted by molar-refractivity contribution is 5.35. The van der Waals surface area contributed by atoms with Gasteiger partial charge in [0.1, 0.15) is 0 Å². The van der Waals surface area contributed by atoms with Gasteiger partial charge in [0, 0.05) is 18.6 Å².